The fourth-order valence-electron chi connectivity index (χ4n) is 3.44. The highest BCUT2D eigenvalue weighted by atomic mass is 16.3. The summed E-state index contributed by atoms with van der Waals surface area (Å²) >= 11 is 0. The van der Waals surface area contributed by atoms with Gasteiger partial charge in [0.15, 0.2) is 0 Å². The lowest BCUT2D eigenvalue weighted by Crippen LogP contribution is -2.48. The third-order valence-corrected chi connectivity index (χ3v) is 4.64. The van der Waals surface area contributed by atoms with E-state index in [-0.39, 0.29) is 12.5 Å². The number of H-pyrrole nitrogens is 1. The summed E-state index contributed by atoms with van der Waals surface area (Å²) in [4.78, 5) is 14.7. The number of nitrogens with one attached hydrogen (secondary N) is 1. The Kier molecular flexibility index (Phi) is 3.38. The Balaban J connectivity index is 1.68. The smallest absolute Gasteiger partial charge is 0.258 e. The van der Waals surface area contributed by atoms with Gasteiger partial charge in [-0.1, -0.05) is 18.2 Å². The van der Waals surface area contributed by atoms with E-state index in [2.05, 4.69) is 15.4 Å². The van der Waals surface area contributed by atoms with Crippen LogP contribution in [0.5, 0.6) is 0 Å². The Hall–Kier alpha value is -2.67. The molecular weight excluding hydrogens is 308 g/mol. The molecule has 7 nitrogen and oxygen atoms in total. The van der Waals surface area contributed by atoms with E-state index in [1.165, 1.54) is 6.20 Å². The third-order valence-electron chi connectivity index (χ3n) is 4.64. The van der Waals surface area contributed by atoms with Gasteiger partial charge in [-0.25, -0.2) is 0 Å². The van der Waals surface area contributed by atoms with Crippen LogP contribution in [0.15, 0.2) is 34.9 Å². The highest BCUT2D eigenvalue weighted by molar-refractivity contribution is 6.07. The Morgan fingerprint density at radius 3 is 3.04 bits per heavy atom. The van der Waals surface area contributed by atoms with Crippen LogP contribution in [0.2, 0.25) is 0 Å². The van der Waals surface area contributed by atoms with Crippen LogP contribution in [0.3, 0.4) is 0 Å². The first-order valence-corrected chi connectivity index (χ1v) is 7.94. The van der Waals surface area contributed by atoms with Crippen molar-refractivity contribution in [3.8, 4) is 0 Å². The van der Waals surface area contributed by atoms with Gasteiger partial charge in [0, 0.05) is 11.9 Å². The number of piperidine rings is 1. The number of nitrogens with zero attached hydrogens (tertiary/aromatic N) is 3. The average Bonchev–Trinajstić information content (AvgIpc) is 3.21. The highest BCUT2D eigenvalue weighted by Crippen LogP contribution is 2.32. The van der Waals surface area contributed by atoms with E-state index in [9.17, 15) is 9.90 Å². The zero-order valence-corrected chi connectivity index (χ0v) is 13.3. The molecule has 3 aromatic rings. The standard InChI is InChI=1S/C17H18N4O3/c1-11-15(12-5-2-3-6-13(12)24-11)16(22)21-8-4-7-17(23,10-21)14-9-18-20-19-14/h2-3,5-6,9,23H,4,7-8,10H2,1H3,(H,18,19,20). The second-order valence-corrected chi connectivity index (χ2v) is 6.25. The van der Waals surface area contributed by atoms with Crippen molar-refractivity contribution in [3.63, 3.8) is 0 Å². The number of β-amino-alcohol motifs (C(OH)–C–C–N with tert-alkyl or cyclic N) is 1. The SMILES string of the molecule is Cc1oc2ccccc2c1C(=O)N1CCCC(O)(c2cn[nH]n2)C1. The van der Waals surface area contributed by atoms with E-state index in [4.69, 9.17) is 4.42 Å². The molecule has 24 heavy (non-hydrogen) atoms. The molecule has 1 aromatic carbocycles. The molecule has 1 saturated heterocycles. The zero-order valence-electron chi connectivity index (χ0n) is 13.3. The zero-order chi connectivity index (χ0) is 16.7. The summed E-state index contributed by atoms with van der Waals surface area (Å²) in [5.41, 5.74) is 0.555. The summed E-state index contributed by atoms with van der Waals surface area (Å²) in [6.07, 6.45) is 2.75. The van der Waals surface area contributed by atoms with Crippen molar-refractivity contribution in [2.45, 2.75) is 25.4 Å². The minimum atomic E-state index is -1.17. The van der Waals surface area contributed by atoms with Gasteiger partial charge in [0.25, 0.3) is 5.91 Å². The van der Waals surface area contributed by atoms with Gasteiger partial charge in [-0.05, 0) is 25.8 Å². The van der Waals surface area contributed by atoms with E-state index in [1.54, 1.807) is 11.8 Å². The normalized spacial score (nSPS) is 21.3. The maximum absolute atomic E-state index is 13.1. The average molecular weight is 326 g/mol. The number of hydrogen-bond donors (Lipinski definition) is 2. The minimum Gasteiger partial charge on any atom is -0.461 e. The molecule has 1 aliphatic rings. The van der Waals surface area contributed by atoms with E-state index < -0.39 is 5.60 Å². The van der Waals surface area contributed by atoms with Crippen LogP contribution >= 0.6 is 0 Å². The molecule has 3 heterocycles. The topological polar surface area (TPSA) is 95.3 Å². The molecule has 0 aliphatic carbocycles. The maximum Gasteiger partial charge on any atom is 0.258 e. The molecule has 2 N–H and O–H groups in total. The van der Waals surface area contributed by atoms with Gasteiger partial charge in [0.2, 0.25) is 0 Å². The highest BCUT2D eigenvalue weighted by Gasteiger charge is 2.39. The quantitative estimate of drug-likeness (QED) is 0.751. The van der Waals surface area contributed by atoms with Gasteiger partial charge in [-0.3, -0.25) is 4.79 Å². The Labute approximate surface area is 138 Å². The number of furan rings is 1. The maximum atomic E-state index is 13.1. The number of aliphatic hydroxyl groups is 1. The molecule has 2 aromatic heterocycles. The molecule has 1 aliphatic heterocycles. The molecular formula is C17H18N4O3. The molecule has 0 bridgehead atoms. The number of carbonyl (C=O) groups excluding carboxylic acids is 1. The first-order valence-electron chi connectivity index (χ1n) is 7.94. The van der Waals surface area contributed by atoms with Gasteiger partial charge < -0.3 is 14.4 Å². The molecule has 0 saturated carbocycles. The third kappa shape index (κ3) is 2.28. The van der Waals surface area contributed by atoms with Gasteiger partial charge in [-0.15, -0.1) is 0 Å². The van der Waals surface area contributed by atoms with Crippen molar-refractivity contribution >= 4 is 16.9 Å². The largest absolute Gasteiger partial charge is 0.461 e. The van der Waals surface area contributed by atoms with Crippen molar-refractivity contribution < 1.29 is 14.3 Å². The van der Waals surface area contributed by atoms with Crippen LogP contribution in [-0.4, -0.2) is 44.4 Å². The van der Waals surface area contributed by atoms with Crippen molar-refractivity contribution in [2.75, 3.05) is 13.1 Å². The Morgan fingerprint density at radius 1 is 1.42 bits per heavy atom. The fraction of sp³-hybridized carbons (Fsp3) is 0.353. The number of rotatable bonds is 2. The first kappa shape index (κ1) is 14.9. The molecule has 1 unspecified atom stereocenters. The fourth-order valence-corrected chi connectivity index (χ4v) is 3.44. The summed E-state index contributed by atoms with van der Waals surface area (Å²) < 4.78 is 5.70. The first-order chi connectivity index (χ1) is 11.6. The van der Waals surface area contributed by atoms with Crippen molar-refractivity contribution in [3.05, 3.63) is 47.5 Å². The number of fused-ring (bicyclic) bond motifs is 1. The lowest BCUT2D eigenvalue weighted by atomic mass is 9.89. The van der Waals surface area contributed by atoms with Crippen LogP contribution < -0.4 is 0 Å². The van der Waals surface area contributed by atoms with Crippen LogP contribution in [0.1, 0.15) is 34.7 Å². The number of aryl methyl sites for hydroxylation is 1. The Bertz CT molecular complexity index is 887. The van der Waals surface area contributed by atoms with Crippen LogP contribution in [0.25, 0.3) is 11.0 Å². The Morgan fingerprint density at radius 2 is 2.25 bits per heavy atom. The molecule has 1 atom stereocenters. The summed E-state index contributed by atoms with van der Waals surface area (Å²) in [7, 11) is 0. The predicted molar refractivity (Wildman–Crippen MR) is 86.4 cm³/mol. The lowest BCUT2D eigenvalue weighted by molar-refractivity contribution is -0.0320. The number of amides is 1. The van der Waals surface area contributed by atoms with Crippen molar-refractivity contribution in [2.24, 2.45) is 0 Å². The van der Waals surface area contributed by atoms with E-state index in [0.717, 1.165) is 5.39 Å². The molecule has 124 valence electrons. The second kappa shape index (κ2) is 5.45. The van der Waals surface area contributed by atoms with E-state index in [1.807, 2.05) is 24.3 Å². The molecule has 0 spiro atoms. The van der Waals surface area contributed by atoms with E-state index >= 15 is 0 Å². The monoisotopic (exact) mass is 326 g/mol. The summed E-state index contributed by atoms with van der Waals surface area (Å²) in [6.45, 7) is 2.58. The van der Waals surface area contributed by atoms with E-state index in [0.29, 0.717) is 42.0 Å². The van der Waals surface area contributed by atoms with Crippen molar-refractivity contribution in [1.29, 1.82) is 0 Å². The number of carbonyl (C=O) groups is 1. The molecule has 4 rings (SSSR count). The number of aromatic amines is 1. The summed E-state index contributed by atoms with van der Waals surface area (Å²) in [5.74, 6) is 0.468. The summed E-state index contributed by atoms with van der Waals surface area (Å²) in [5, 5.41) is 22.0. The van der Waals surface area contributed by atoms with Crippen LogP contribution in [0, 0.1) is 6.92 Å². The van der Waals surface area contributed by atoms with Gasteiger partial charge in [0.05, 0.1) is 18.3 Å². The number of likely N-dealkylation sites (tertiary alicyclic amines) is 1. The summed E-state index contributed by atoms with van der Waals surface area (Å²) in [6, 6.07) is 7.49. The van der Waals surface area contributed by atoms with Gasteiger partial charge in [0.1, 0.15) is 22.6 Å². The number of benzene rings is 1. The number of aromatic nitrogens is 3. The minimum absolute atomic E-state index is 0.126. The number of para-hydroxylation sites is 1. The lowest BCUT2D eigenvalue weighted by Gasteiger charge is -2.37. The van der Waals surface area contributed by atoms with Gasteiger partial charge >= 0.3 is 0 Å². The molecule has 1 amide bonds. The molecule has 1 fully saturated rings. The second-order valence-electron chi connectivity index (χ2n) is 6.25. The number of hydrogen-bond acceptors (Lipinski definition) is 5. The van der Waals surface area contributed by atoms with Crippen molar-refractivity contribution in [1.82, 2.24) is 20.3 Å². The molecule has 7 heteroatoms. The predicted octanol–water partition coefficient (Wildman–Crippen LogP) is 1.98. The van der Waals surface area contributed by atoms with Crippen LogP contribution in [0.4, 0.5) is 0 Å². The van der Waals surface area contributed by atoms with Gasteiger partial charge in [-0.2, -0.15) is 15.4 Å². The van der Waals surface area contributed by atoms with Crippen LogP contribution in [-0.2, 0) is 5.60 Å². The molecule has 0 radical (unpaired) electrons.